The van der Waals surface area contributed by atoms with Gasteiger partial charge in [0.2, 0.25) is 0 Å². The number of hydrogen-bond acceptors (Lipinski definition) is 5. The van der Waals surface area contributed by atoms with Crippen LogP contribution in [0.4, 0.5) is 0 Å². The molecule has 0 radical (unpaired) electrons. The summed E-state index contributed by atoms with van der Waals surface area (Å²) in [5, 5.41) is 18.5. The number of ether oxygens (including phenoxy) is 2. The molecule has 1 heterocycles. The monoisotopic (exact) mass is 295 g/mol. The van der Waals surface area contributed by atoms with Gasteiger partial charge in [0.05, 0.1) is 7.11 Å². The molecule has 0 spiro atoms. The summed E-state index contributed by atoms with van der Waals surface area (Å²) in [6.07, 6.45) is 0.474. The molecular formula is C15H21NO5. The van der Waals surface area contributed by atoms with E-state index >= 15 is 0 Å². The lowest BCUT2D eigenvalue weighted by molar-refractivity contribution is -0.146. The minimum Gasteiger partial charge on any atom is -0.493 e. The Balaban J connectivity index is 2.19. The number of benzene rings is 1. The Morgan fingerprint density at radius 3 is 2.81 bits per heavy atom. The highest BCUT2D eigenvalue weighted by Crippen LogP contribution is 2.32. The minimum absolute atomic E-state index is 0.0369. The number of nitrogens with zero attached hydrogens (tertiary/aromatic N) is 1. The topological polar surface area (TPSA) is 79.2 Å². The second kappa shape index (κ2) is 6.78. The normalized spacial score (nSPS) is 20.8. The summed E-state index contributed by atoms with van der Waals surface area (Å²) in [7, 11) is 3.57. The first-order valence-electron chi connectivity index (χ1n) is 6.95. The SMILES string of the molecule is COc1ccc(C(O)C(=O)O)cc1OC1CCCN(C)C1. The largest absolute Gasteiger partial charge is 0.493 e. The number of hydrogen-bond donors (Lipinski definition) is 2. The highest BCUT2D eigenvalue weighted by Gasteiger charge is 2.22. The number of likely N-dealkylation sites (tertiary alicyclic amines) is 1. The Hall–Kier alpha value is -1.79. The van der Waals surface area contributed by atoms with E-state index in [1.807, 2.05) is 7.05 Å². The summed E-state index contributed by atoms with van der Waals surface area (Å²) in [4.78, 5) is 13.1. The van der Waals surface area contributed by atoms with Crippen molar-refractivity contribution in [1.82, 2.24) is 4.90 Å². The van der Waals surface area contributed by atoms with Gasteiger partial charge in [-0.3, -0.25) is 0 Å². The lowest BCUT2D eigenvalue weighted by Crippen LogP contribution is -2.38. The molecule has 1 aliphatic heterocycles. The third-order valence-electron chi connectivity index (χ3n) is 3.61. The van der Waals surface area contributed by atoms with Gasteiger partial charge in [-0.05, 0) is 44.1 Å². The van der Waals surface area contributed by atoms with Crippen molar-refractivity contribution in [1.29, 1.82) is 0 Å². The van der Waals surface area contributed by atoms with Gasteiger partial charge in [0.25, 0.3) is 0 Å². The number of carboxylic acids is 1. The van der Waals surface area contributed by atoms with Crippen molar-refractivity contribution in [2.45, 2.75) is 25.0 Å². The van der Waals surface area contributed by atoms with Gasteiger partial charge in [-0.1, -0.05) is 6.07 Å². The van der Waals surface area contributed by atoms with Crippen LogP contribution < -0.4 is 9.47 Å². The molecule has 2 rings (SSSR count). The molecule has 1 aliphatic rings. The average molecular weight is 295 g/mol. The molecule has 1 saturated heterocycles. The number of aliphatic carboxylic acids is 1. The fraction of sp³-hybridized carbons (Fsp3) is 0.533. The molecule has 0 aliphatic carbocycles. The van der Waals surface area contributed by atoms with E-state index in [1.54, 1.807) is 6.07 Å². The molecule has 1 aromatic rings. The second-order valence-electron chi connectivity index (χ2n) is 5.30. The molecule has 2 unspecified atom stereocenters. The summed E-state index contributed by atoms with van der Waals surface area (Å²) in [5.74, 6) is -0.288. The zero-order chi connectivity index (χ0) is 15.4. The Morgan fingerprint density at radius 2 is 2.19 bits per heavy atom. The molecule has 21 heavy (non-hydrogen) atoms. The fourth-order valence-corrected chi connectivity index (χ4v) is 2.49. The number of rotatable bonds is 5. The van der Waals surface area contributed by atoms with Gasteiger partial charge in [-0.15, -0.1) is 0 Å². The first-order valence-corrected chi connectivity index (χ1v) is 6.95. The quantitative estimate of drug-likeness (QED) is 0.852. The van der Waals surface area contributed by atoms with Crippen molar-refractivity contribution >= 4 is 5.97 Å². The maximum absolute atomic E-state index is 10.9. The van der Waals surface area contributed by atoms with E-state index in [1.165, 1.54) is 19.2 Å². The van der Waals surface area contributed by atoms with Crippen molar-refractivity contribution in [3.05, 3.63) is 23.8 Å². The number of carbonyl (C=O) groups is 1. The summed E-state index contributed by atoms with van der Waals surface area (Å²) >= 11 is 0. The Bertz CT molecular complexity index is 505. The van der Waals surface area contributed by atoms with E-state index in [0.717, 1.165) is 25.9 Å². The van der Waals surface area contributed by atoms with E-state index in [-0.39, 0.29) is 11.7 Å². The van der Waals surface area contributed by atoms with Crippen LogP contribution >= 0.6 is 0 Å². The van der Waals surface area contributed by atoms with Crippen LogP contribution in [-0.2, 0) is 4.79 Å². The molecule has 6 nitrogen and oxygen atoms in total. The number of likely N-dealkylation sites (N-methyl/N-ethyl adjacent to an activating group) is 1. The van der Waals surface area contributed by atoms with Crippen molar-refractivity contribution in [2.24, 2.45) is 0 Å². The number of piperidine rings is 1. The van der Waals surface area contributed by atoms with Crippen LogP contribution in [0.25, 0.3) is 0 Å². The second-order valence-corrected chi connectivity index (χ2v) is 5.30. The van der Waals surface area contributed by atoms with Crippen LogP contribution in [0.2, 0.25) is 0 Å². The summed E-state index contributed by atoms with van der Waals surface area (Å²) in [5.41, 5.74) is 0.280. The fourth-order valence-electron chi connectivity index (χ4n) is 2.49. The number of carboxylic acid groups (broad SMARTS) is 1. The molecule has 0 bridgehead atoms. The van der Waals surface area contributed by atoms with Crippen molar-refractivity contribution in [3.8, 4) is 11.5 Å². The number of aliphatic hydroxyl groups excluding tert-OH is 1. The van der Waals surface area contributed by atoms with Crippen LogP contribution in [0, 0.1) is 0 Å². The molecule has 2 atom stereocenters. The Labute approximate surface area is 123 Å². The smallest absolute Gasteiger partial charge is 0.337 e. The van der Waals surface area contributed by atoms with E-state index in [4.69, 9.17) is 14.6 Å². The third kappa shape index (κ3) is 3.86. The van der Waals surface area contributed by atoms with Gasteiger partial charge < -0.3 is 24.6 Å². The summed E-state index contributed by atoms with van der Waals surface area (Å²) < 4.78 is 11.2. The van der Waals surface area contributed by atoms with Gasteiger partial charge in [0.15, 0.2) is 17.6 Å². The summed E-state index contributed by atoms with van der Waals surface area (Å²) in [6.45, 7) is 1.86. The van der Waals surface area contributed by atoms with E-state index in [2.05, 4.69) is 4.90 Å². The van der Waals surface area contributed by atoms with Gasteiger partial charge in [-0.2, -0.15) is 0 Å². The minimum atomic E-state index is -1.56. The highest BCUT2D eigenvalue weighted by atomic mass is 16.5. The van der Waals surface area contributed by atoms with Crippen LogP contribution in [0.15, 0.2) is 18.2 Å². The Kier molecular flexibility index (Phi) is 5.03. The highest BCUT2D eigenvalue weighted by molar-refractivity contribution is 5.74. The number of aliphatic hydroxyl groups is 1. The molecule has 0 saturated carbocycles. The van der Waals surface area contributed by atoms with Gasteiger partial charge in [-0.25, -0.2) is 4.79 Å². The maximum atomic E-state index is 10.9. The van der Waals surface area contributed by atoms with Gasteiger partial charge in [0, 0.05) is 6.54 Å². The molecule has 1 fully saturated rings. The molecule has 0 aromatic heterocycles. The standard InChI is InChI=1S/C15H21NO5/c1-16-7-3-4-11(9-16)21-13-8-10(14(17)15(18)19)5-6-12(13)20-2/h5-6,8,11,14,17H,3-4,7,9H2,1-2H3,(H,18,19). The van der Waals surface area contributed by atoms with Crippen molar-refractivity contribution in [3.63, 3.8) is 0 Å². The lowest BCUT2D eigenvalue weighted by atomic mass is 10.1. The van der Waals surface area contributed by atoms with Crippen LogP contribution in [0.5, 0.6) is 11.5 Å². The molecule has 1 aromatic carbocycles. The predicted molar refractivity (Wildman–Crippen MR) is 76.7 cm³/mol. The summed E-state index contributed by atoms with van der Waals surface area (Å²) in [6, 6.07) is 4.67. The first-order chi connectivity index (χ1) is 10.0. The molecule has 0 amide bonds. The third-order valence-corrected chi connectivity index (χ3v) is 3.61. The van der Waals surface area contributed by atoms with Crippen molar-refractivity contribution in [2.75, 3.05) is 27.2 Å². The molecule has 2 N–H and O–H groups in total. The molecule has 116 valence electrons. The maximum Gasteiger partial charge on any atom is 0.337 e. The molecule has 6 heteroatoms. The average Bonchev–Trinajstić information content (AvgIpc) is 2.46. The van der Waals surface area contributed by atoms with E-state index in [9.17, 15) is 9.90 Å². The first kappa shape index (κ1) is 15.6. The predicted octanol–water partition coefficient (Wildman–Crippen LogP) is 1.29. The lowest BCUT2D eigenvalue weighted by Gasteiger charge is -2.30. The van der Waals surface area contributed by atoms with Crippen molar-refractivity contribution < 1.29 is 24.5 Å². The zero-order valence-electron chi connectivity index (χ0n) is 12.3. The van der Waals surface area contributed by atoms with Crippen LogP contribution in [-0.4, -0.2) is 54.4 Å². The zero-order valence-corrected chi connectivity index (χ0v) is 12.3. The van der Waals surface area contributed by atoms with Crippen LogP contribution in [0.3, 0.4) is 0 Å². The Morgan fingerprint density at radius 1 is 1.43 bits per heavy atom. The van der Waals surface area contributed by atoms with Gasteiger partial charge in [0.1, 0.15) is 6.10 Å². The molecular weight excluding hydrogens is 274 g/mol. The van der Waals surface area contributed by atoms with E-state index < -0.39 is 12.1 Å². The van der Waals surface area contributed by atoms with Crippen LogP contribution in [0.1, 0.15) is 24.5 Å². The number of methoxy groups -OCH3 is 1. The van der Waals surface area contributed by atoms with E-state index in [0.29, 0.717) is 11.5 Å². The van der Waals surface area contributed by atoms with Gasteiger partial charge >= 0.3 is 5.97 Å².